The molecule has 7 heterocycles. The topological polar surface area (TPSA) is 121 Å². The van der Waals surface area contributed by atoms with Crippen molar-refractivity contribution in [3.05, 3.63) is 81.8 Å². The third-order valence-corrected chi connectivity index (χ3v) is 10.5. The Bertz CT molecular complexity index is 1910. The minimum Gasteiger partial charge on any atom is -0.392 e. The van der Waals surface area contributed by atoms with Crippen molar-refractivity contribution in [1.29, 1.82) is 0 Å². The number of aliphatic hydroxyl groups is 1. The number of ether oxygens (including phenoxy) is 1. The molecule has 48 heavy (non-hydrogen) atoms. The van der Waals surface area contributed by atoms with Crippen LogP contribution < -0.4 is 20.7 Å². The van der Waals surface area contributed by atoms with Gasteiger partial charge in [-0.2, -0.15) is 0 Å². The summed E-state index contributed by atoms with van der Waals surface area (Å²) in [5, 5.41) is 13.9. The molecule has 2 N–H and O–H groups in total. The van der Waals surface area contributed by atoms with E-state index in [4.69, 9.17) is 4.74 Å². The Kier molecular flexibility index (Phi) is 8.02. The summed E-state index contributed by atoms with van der Waals surface area (Å²) >= 11 is 0. The van der Waals surface area contributed by atoms with E-state index in [1.165, 1.54) is 15.8 Å². The van der Waals surface area contributed by atoms with Crippen LogP contribution in [0.4, 0.5) is 23.0 Å². The minimum atomic E-state index is -0.310. The first-order chi connectivity index (χ1) is 23.4. The van der Waals surface area contributed by atoms with E-state index in [2.05, 4.69) is 36.6 Å². The fourth-order valence-electron chi connectivity index (χ4n) is 7.83. The van der Waals surface area contributed by atoms with Gasteiger partial charge in [0.1, 0.15) is 23.0 Å². The third kappa shape index (κ3) is 5.37. The predicted molar refractivity (Wildman–Crippen MR) is 184 cm³/mol. The Morgan fingerprint density at radius 3 is 2.62 bits per heavy atom. The molecule has 4 aliphatic rings. The molecular weight excluding hydrogens is 608 g/mol. The molecule has 8 rings (SSSR count). The number of pyridine rings is 3. The van der Waals surface area contributed by atoms with Crippen LogP contribution in [0.5, 0.6) is 0 Å². The summed E-state index contributed by atoms with van der Waals surface area (Å²) in [5.41, 5.74) is 6.43. The largest absolute Gasteiger partial charge is 0.392 e. The van der Waals surface area contributed by atoms with Crippen molar-refractivity contribution in [2.24, 2.45) is 7.05 Å². The molecular formula is C36H42N8O4. The second-order valence-corrected chi connectivity index (χ2v) is 13.4. The van der Waals surface area contributed by atoms with Crippen molar-refractivity contribution < 1.29 is 14.6 Å². The van der Waals surface area contributed by atoms with Gasteiger partial charge < -0.3 is 29.2 Å². The monoisotopic (exact) mass is 650 g/mol. The fourth-order valence-corrected chi connectivity index (χ4v) is 7.83. The highest BCUT2D eigenvalue weighted by atomic mass is 16.5. The van der Waals surface area contributed by atoms with Gasteiger partial charge in [0.2, 0.25) is 0 Å². The minimum absolute atomic E-state index is 0.100. The number of nitrogens with one attached hydrogen (secondary N) is 1. The number of piperazine rings is 1. The number of aryl methyl sites for hydroxylation is 2. The van der Waals surface area contributed by atoms with Gasteiger partial charge in [0.05, 0.1) is 37.7 Å². The lowest BCUT2D eigenvalue weighted by molar-refractivity contribution is -0.0691. The Hall–Kier alpha value is -4.52. The summed E-state index contributed by atoms with van der Waals surface area (Å²) in [6.45, 7) is 7.66. The molecule has 12 heteroatoms. The lowest BCUT2D eigenvalue weighted by atomic mass is 9.98. The fraction of sp³-hybridized carbons (Fsp3) is 0.444. The lowest BCUT2D eigenvalue weighted by Gasteiger charge is -2.46. The Labute approximate surface area is 279 Å². The molecule has 3 aliphatic heterocycles. The van der Waals surface area contributed by atoms with Gasteiger partial charge in [-0.05, 0) is 74.1 Å². The number of rotatable bonds is 7. The first kappa shape index (κ1) is 30.8. The second kappa shape index (κ2) is 12.5. The maximum absolute atomic E-state index is 13.8. The van der Waals surface area contributed by atoms with Gasteiger partial charge in [-0.25, -0.2) is 9.97 Å². The van der Waals surface area contributed by atoms with Gasteiger partial charge >= 0.3 is 0 Å². The SMILES string of the molecule is CC1CN(C2COC2)CCN1c1ccc(Nc2cc(-c3ccnc(N4CCn5c(cc6c5CCCC6)C4=O)c3CO)cn(C)c2=O)nc1. The van der Waals surface area contributed by atoms with Crippen molar-refractivity contribution in [3.63, 3.8) is 0 Å². The number of aliphatic hydroxyl groups excluding tert-OH is 1. The highest BCUT2D eigenvalue weighted by Crippen LogP contribution is 2.35. The Morgan fingerprint density at radius 2 is 1.88 bits per heavy atom. The van der Waals surface area contributed by atoms with Crippen molar-refractivity contribution in [2.45, 2.75) is 57.8 Å². The zero-order valence-electron chi connectivity index (χ0n) is 27.6. The molecule has 0 aromatic carbocycles. The van der Waals surface area contributed by atoms with E-state index in [1.807, 2.05) is 30.5 Å². The van der Waals surface area contributed by atoms with Crippen LogP contribution in [0, 0.1) is 0 Å². The van der Waals surface area contributed by atoms with E-state index < -0.39 is 0 Å². The normalized spacial score (nSPS) is 20.0. The zero-order valence-corrected chi connectivity index (χ0v) is 27.6. The second-order valence-electron chi connectivity index (χ2n) is 13.4. The van der Waals surface area contributed by atoms with Gasteiger partial charge in [-0.15, -0.1) is 0 Å². The molecule has 0 saturated carbocycles. The van der Waals surface area contributed by atoms with Crippen LogP contribution in [0.25, 0.3) is 11.1 Å². The number of aromatic nitrogens is 4. The van der Waals surface area contributed by atoms with E-state index in [-0.39, 0.29) is 18.1 Å². The maximum Gasteiger partial charge on any atom is 0.276 e. The Balaban J connectivity index is 1.04. The summed E-state index contributed by atoms with van der Waals surface area (Å²) in [7, 11) is 1.70. The summed E-state index contributed by atoms with van der Waals surface area (Å²) in [5.74, 6) is 0.909. The van der Waals surface area contributed by atoms with Gasteiger partial charge in [-0.1, -0.05) is 0 Å². The van der Waals surface area contributed by atoms with Crippen molar-refractivity contribution in [1.82, 2.24) is 24.0 Å². The van der Waals surface area contributed by atoms with E-state index in [9.17, 15) is 14.7 Å². The number of carbonyl (C=O) groups is 1. The molecule has 1 unspecified atom stereocenters. The van der Waals surface area contributed by atoms with Crippen LogP contribution in [-0.2, 0) is 37.8 Å². The highest BCUT2D eigenvalue weighted by molar-refractivity contribution is 6.06. The molecule has 0 radical (unpaired) electrons. The average molecular weight is 651 g/mol. The van der Waals surface area contributed by atoms with Crippen LogP contribution >= 0.6 is 0 Å². The first-order valence-corrected chi connectivity index (χ1v) is 17.0. The number of hydrogen-bond donors (Lipinski definition) is 2. The quantitative estimate of drug-likeness (QED) is 0.310. The summed E-state index contributed by atoms with van der Waals surface area (Å²) in [6.07, 6.45) is 9.58. The van der Waals surface area contributed by atoms with Crippen molar-refractivity contribution >= 4 is 28.9 Å². The predicted octanol–water partition coefficient (Wildman–Crippen LogP) is 3.33. The van der Waals surface area contributed by atoms with E-state index >= 15 is 0 Å². The molecule has 1 amide bonds. The number of amides is 1. The molecule has 2 fully saturated rings. The molecule has 4 aromatic heterocycles. The van der Waals surface area contributed by atoms with E-state index in [0.29, 0.717) is 59.3 Å². The molecule has 250 valence electrons. The highest BCUT2D eigenvalue weighted by Gasteiger charge is 2.34. The zero-order chi connectivity index (χ0) is 32.9. The van der Waals surface area contributed by atoms with Gasteiger partial charge in [0.15, 0.2) is 0 Å². The van der Waals surface area contributed by atoms with Crippen molar-refractivity contribution in [2.75, 3.05) is 54.5 Å². The maximum atomic E-state index is 13.8. The molecule has 4 aromatic rings. The summed E-state index contributed by atoms with van der Waals surface area (Å²) in [6, 6.07) is 10.5. The molecule has 1 atom stereocenters. The first-order valence-electron chi connectivity index (χ1n) is 17.0. The lowest BCUT2D eigenvalue weighted by Crippen LogP contribution is -2.59. The molecule has 1 aliphatic carbocycles. The van der Waals surface area contributed by atoms with Gasteiger partial charge in [0, 0.05) is 75.0 Å². The number of fused-ring (bicyclic) bond motifs is 3. The van der Waals surface area contributed by atoms with Crippen LogP contribution in [0.1, 0.15) is 47.1 Å². The standard InChI is InChI=1S/C36H42N8O4/c1-23-18-41(27-21-48-22-27)11-12-42(23)26-7-8-33(38-17-26)39-30-15-25(19-40(2)35(30)46)28-9-10-37-34(29(28)20-45)44-14-13-43-31-6-4-3-5-24(31)16-32(43)36(44)47/h7-10,15-17,19,23,27,45H,3-6,11-14,18,20-22H2,1-2H3,(H,38,39). The number of anilines is 4. The molecule has 0 bridgehead atoms. The number of hydrogen-bond acceptors (Lipinski definition) is 9. The Morgan fingerprint density at radius 1 is 1.02 bits per heavy atom. The van der Waals surface area contributed by atoms with Gasteiger partial charge in [-0.3, -0.25) is 19.4 Å². The number of carbonyl (C=O) groups excluding carboxylic acids is 1. The average Bonchev–Trinajstić information content (AvgIpc) is 3.46. The summed E-state index contributed by atoms with van der Waals surface area (Å²) in [4.78, 5) is 42.9. The van der Waals surface area contributed by atoms with Crippen LogP contribution in [0.15, 0.2) is 53.7 Å². The molecule has 0 spiro atoms. The van der Waals surface area contributed by atoms with E-state index in [1.54, 1.807) is 30.4 Å². The van der Waals surface area contributed by atoms with Crippen LogP contribution in [0.2, 0.25) is 0 Å². The third-order valence-electron chi connectivity index (χ3n) is 10.5. The molecule has 2 saturated heterocycles. The number of nitrogens with zero attached hydrogens (tertiary/aromatic N) is 7. The molecule has 12 nitrogen and oxygen atoms in total. The van der Waals surface area contributed by atoms with E-state index in [0.717, 1.165) is 69.8 Å². The van der Waals surface area contributed by atoms with Crippen molar-refractivity contribution in [3.8, 4) is 11.1 Å². The summed E-state index contributed by atoms with van der Waals surface area (Å²) < 4.78 is 9.08. The smallest absolute Gasteiger partial charge is 0.276 e. The van der Waals surface area contributed by atoms with Gasteiger partial charge in [0.25, 0.3) is 11.5 Å². The van der Waals surface area contributed by atoms with Crippen LogP contribution in [0.3, 0.4) is 0 Å². The van der Waals surface area contributed by atoms with Crippen LogP contribution in [-0.4, -0.2) is 86.5 Å².